The normalized spacial score (nSPS) is 9.56. The van der Waals surface area contributed by atoms with Gasteiger partial charge in [-0.2, -0.15) is 0 Å². The fourth-order valence-corrected chi connectivity index (χ4v) is 2.83. The van der Waals surface area contributed by atoms with Crippen molar-refractivity contribution in [3.63, 3.8) is 0 Å². The van der Waals surface area contributed by atoms with Gasteiger partial charge in [0.15, 0.2) is 0 Å². The van der Waals surface area contributed by atoms with Crippen LogP contribution in [0.3, 0.4) is 0 Å². The number of carbonyl (C=O) groups is 1. The van der Waals surface area contributed by atoms with Crippen LogP contribution < -0.4 is 3.66 Å². The summed E-state index contributed by atoms with van der Waals surface area (Å²) in [4.78, 5) is 10.8. The molecule has 4 heteroatoms. The molecule has 1 heterocycles. The summed E-state index contributed by atoms with van der Waals surface area (Å²) in [5.41, 5.74) is 0. The van der Waals surface area contributed by atoms with Crippen molar-refractivity contribution in [1.29, 1.82) is 0 Å². The fraction of sp³-hybridized carbons (Fsp3) is 0. The topological polar surface area (TPSA) is 17.1 Å². The fourth-order valence-electron chi connectivity index (χ4n) is 0.482. The van der Waals surface area contributed by atoms with Crippen LogP contribution in [0.25, 0.3) is 0 Å². The predicted molar refractivity (Wildman–Crippen MR) is 42.9 cm³/mol. The Morgan fingerprint density at radius 3 is 2.67 bits per heavy atom. The average molecular weight is 223 g/mol. The Morgan fingerprint density at radius 1 is 1.78 bits per heavy atom. The van der Waals surface area contributed by atoms with E-state index in [0.29, 0.717) is 9.90 Å². The molecule has 0 saturated carbocycles. The molecule has 0 radical (unpaired) electrons. The minimum atomic E-state index is 0.578. The van der Waals surface area contributed by atoms with E-state index in [1.165, 1.54) is 28.2 Å². The van der Waals surface area contributed by atoms with Crippen LogP contribution in [0.15, 0.2) is 6.07 Å². The Hall–Kier alpha value is 0.218. The first kappa shape index (κ1) is 7.33. The van der Waals surface area contributed by atoms with Crippen molar-refractivity contribution in [3.05, 3.63) is 16.0 Å². The molecule has 1 rings (SSSR count). The maximum atomic E-state index is 10.2. The molecule has 0 aliphatic rings. The van der Waals surface area contributed by atoms with Crippen molar-refractivity contribution < 1.29 is 4.79 Å². The molecule has 1 aromatic heterocycles. The number of aldehydes is 1. The Balaban J connectivity index is 3.15. The monoisotopic (exact) mass is 222 g/mol. The molecule has 48 valence electrons. The molecule has 1 nitrogen and oxygen atoms in total. The first-order valence-electron chi connectivity index (χ1n) is 2.24. The quantitative estimate of drug-likeness (QED) is 0.499. The molecule has 1 aromatic rings. The Bertz CT molecular complexity index is 233. The number of hydrogen-bond donors (Lipinski definition) is 0. The molecule has 0 bridgehead atoms. The third kappa shape index (κ3) is 1.57. The maximum absolute atomic E-state index is 10.2. The van der Waals surface area contributed by atoms with Gasteiger partial charge in [0, 0.05) is 0 Å². The molecule has 0 spiro atoms. The van der Waals surface area contributed by atoms with E-state index in [1.54, 1.807) is 0 Å². The molecule has 0 amide bonds. The molecule has 0 N–H and O–H groups in total. The molecule has 0 aliphatic heterocycles. The summed E-state index contributed by atoms with van der Waals surface area (Å²) in [7, 11) is 0. The summed E-state index contributed by atoms with van der Waals surface area (Å²) in [6.07, 6.45) is 0.788. The number of carbonyl (C=O) groups excluding carboxylic acids is 1. The molecule has 1 atom stereocenters. The Kier molecular flexibility index (Phi) is 2.34. The minimum absolute atomic E-state index is 0.578. The summed E-state index contributed by atoms with van der Waals surface area (Å²) < 4.78 is 1.13. The van der Waals surface area contributed by atoms with Gasteiger partial charge in [-0.05, 0) is 0 Å². The van der Waals surface area contributed by atoms with Gasteiger partial charge in [0.25, 0.3) is 0 Å². The van der Waals surface area contributed by atoms with E-state index < -0.39 is 0 Å². The van der Waals surface area contributed by atoms with E-state index in [2.05, 4.69) is 0 Å². The Labute approximate surface area is 70.5 Å². The van der Waals surface area contributed by atoms with Crippen LogP contribution >= 0.6 is 22.9 Å². The summed E-state index contributed by atoms with van der Waals surface area (Å²) in [5.74, 6) is 0. The molecule has 9 heavy (non-hydrogen) atoms. The molecule has 0 fully saturated rings. The van der Waals surface area contributed by atoms with Crippen molar-refractivity contribution in [2.24, 2.45) is 0 Å². The summed E-state index contributed by atoms with van der Waals surface area (Å²) in [6.45, 7) is 0. The van der Waals surface area contributed by atoms with E-state index in [1.807, 2.05) is 6.07 Å². The molecule has 0 aliphatic carbocycles. The first-order chi connectivity index (χ1) is 4.24. The zero-order valence-electron chi connectivity index (χ0n) is 4.43. The van der Waals surface area contributed by atoms with Crippen LogP contribution in [-0.4, -0.2) is 23.1 Å². The van der Waals surface area contributed by atoms with Gasteiger partial charge < -0.3 is 0 Å². The Morgan fingerprint density at radius 2 is 2.44 bits per heavy atom. The second-order valence-electron chi connectivity index (χ2n) is 1.48. The van der Waals surface area contributed by atoms with Crippen LogP contribution in [0.2, 0.25) is 5.02 Å². The zero-order valence-corrected chi connectivity index (χ0v) is 8.42. The van der Waals surface area contributed by atoms with Crippen LogP contribution in [-0.2, 0) is 0 Å². The van der Waals surface area contributed by atoms with E-state index >= 15 is 0 Å². The van der Waals surface area contributed by atoms with Crippen molar-refractivity contribution in [2.75, 3.05) is 0 Å². The number of hydrogen-bond acceptors (Lipinski definition) is 2. The third-order valence-corrected chi connectivity index (χ3v) is 3.25. The predicted octanol–water partition coefficient (Wildman–Crippen LogP) is 0.472. The van der Waals surface area contributed by atoms with Crippen molar-refractivity contribution in [1.82, 2.24) is 0 Å². The van der Waals surface area contributed by atoms with Crippen LogP contribution in [0.5, 0.6) is 0 Å². The summed E-state index contributed by atoms with van der Waals surface area (Å²) in [6, 6.07) is 1.82. The van der Waals surface area contributed by atoms with Crippen molar-refractivity contribution in [3.8, 4) is 0 Å². The molecule has 0 aromatic carbocycles. The van der Waals surface area contributed by atoms with Crippen molar-refractivity contribution in [2.45, 2.75) is 0 Å². The SMILES string of the molecule is O=Cc1sc([AsH2])cc1Cl. The first-order valence-corrected chi connectivity index (χ1v) is 4.64. The van der Waals surface area contributed by atoms with E-state index in [0.717, 1.165) is 9.95 Å². The average Bonchev–Trinajstić information content (AvgIpc) is 2.10. The van der Waals surface area contributed by atoms with Gasteiger partial charge >= 0.3 is 70.5 Å². The van der Waals surface area contributed by atoms with Crippen molar-refractivity contribution >= 4 is 49.7 Å². The summed E-state index contributed by atoms with van der Waals surface area (Å²) in [5, 5.41) is 0.578. The van der Waals surface area contributed by atoms with Gasteiger partial charge in [0.2, 0.25) is 0 Å². The molecular formula is C5H4AsClOS. The van der Waals surface area contributed by atoms with Gasteiger partial charge in [-0.15, -0.1) is 0 Å². The van der Waals surface area contributed by atoms with Crippen LogP contribution in [0, 0.1) is 0 Å². The molecule has 1 unspecified atom stereocenters. The number of halogens is 1. The standard InChI is InChI=1S/C5H4AsClOS/c6-5-1-3(7)4(2-8)9-5/h1-2H,6H2. The van der Waals surface area contributed by atoms with E-state index in [9.17, 15) is 4.79 Å². The second-order valence-corrected chi connectivity index (χ2v) is 5.18. The zero-order chi connectivity index (χ0) is 6.85. The van der Waals surface area contributed by atoms with Gasteiger partial charge in [-0.3, -0.25) is 0 Å². The van der Waals surface area contributed by atoms with Gasteiger partial charge in [-0.25, -0.2) is 0 Å². The number of rotatable bonds is 1. The van der Waals surface area contributed by atoms with E-state index in [4.69, 9.17) is 11.6 Å². The van der Waals surface area contributed by atoms with Gasteiger partial charge in [-0.1, -0.05) is 0 Å². The van der Waals surface area contributed by atoms with Crippen LogP contribution in [0.1, 0.15) is 9.67 Å². The summed E-state index contributed by atoms with van der Waals surface area (Å²) >= 11 is 8.57. The number of thiophene rings is 1. The molecular weight excluding hydrogens is 218 g/mol. The van der Waals surface area contributed by atoms with Gasteiger partial charge in [0.1, 0.15) is 0 Å². The molecule has 0 saturated heterocycles. The van der Waals surface area contributed by atoms with Crippen LogP contribution in [0.4, 0.5) is 0 Å². The third-order valence-electron chi connectivity index (χ3n) is 0.839. The van der Waals surface area contributed by atoms with Gasteiger partial charge in [0.05, 0.1) is 0 Å². The van der Waals surface area contributed by atoms with E-state index in [-0.39, 0.29) is 0 Å². The second kappa shape index (κ2) is 2.87.